The molecule has 0 radical (unpaired) electrons. The Balaban J connectivity index is 2.19. The second-order valence-electron chi connectivity index (χ2n) is 6.69. The van der Waals surface area contributed by atoms with Crippen LogP contribution in [0.5, 0.6) is 0 Å². The summed E-state index contributed by atoms with van der Waals surface area (Å²) in [6.45, 7) is 3.87. The van der Waals surface area contributed by atoms with Crippen LogP contribution >= 0.6 is 0 Å². The highest BCUT2D eigenvalue weighted by Gasteiger charge is 2.14. The number of nitrogens with zero attached hydrogens (tertiary/aromatic N) is 1. The Kier molecular flexibility index (Phi) is 8.21. The Morgan fingerprint density at radius 3 is 2.48 bits per heavy atom. The highest BCUT2D eigenvalue weighted by molar-refractivity contribution is 5.94. The molecule has 2 aromatic carbocycles. The van der Waals surface area contributed by atoms with Gasteiger partial charge in [0.1, 0.15) is 6.61 Å². The van der Waals surface area contributed by atoms with E-state index in [9.17, 15) is 14.4 Å². The van der Waals surface area contributed by atoms with Crippen molar-refractivity contribution in [3.05, 3.63) is 54.1 Å². The minimum absolute atomic E-state index is 0.126. The van der Waals surface area contributed by atoms with Crippen LogP contribution in [0, 0.1) is 0 Å². The second kappa shape index (κ2) is 10.8. The number of carbonyl (C=O) groups excluding carboxylic acids is 3. The smallest absolute Gasteiger partial charge is 0.308 e. The van der Waals surface area contributed by atoms with Crippen LogP contribution in [0.15, 0.2) is 48.5 Å². The Morgan fingerprint density at radius 2 is 1.83 bits per heavy atom. The fourth-order valence-corrected chi connectivity index (χ4v) is 2.67. The predicted molar refractivity (Wildman–Crippen MR) is 114 cm³/mol. The Morgan fingerprint density at radius 1 is 1.10 bits per heavy atom. The second-order valence-corrected chi connectivity index (χ2v) is 6.69. The standard InChI is InChI=1S/C22H27N3O4/c1-3-21(27)24-20-13-18(9-10-19(20)23)25(14-17-7-5-4-6-8-17)12-11-22(28)29-15-16(2)26/h4-10,13H,3,11-12,14-15,23H2,1-2H3,(H,24,27). The lowest BCUT2D eigenvalue weighted by Crippen LogP contribution is -2.27. The van der Waals surface area contributed by atoms with E-state index in [4.69, 9.17) is 10.5 Å². The van der Waals surface area contributed by atoms with E-state index in [-0.39, 0.29) is 24.7 Å². The summed E-state index contributed by atoms with van der Waals surface area (Å²) >= 11 is 0. The average Bonchev–Trinajstić information content (AvgIpc) is 2.71. The van der Waals surface area contributed by atoms with Crippen molar-refractivity contribution in [1.29, 1.82) is 0 Å². The van der Waals surface area contributed by atoms with Crippen LogP contribution < -0.4 is 16.0 Å². The first kappa shape index (κ1) is 21.9. The zero-order valence-corrected chi connectivity index (χ0v) is 16.8. The summed E-state index contributed by atoms with van der Waals surface area (Å²) in [6.07, 6.45) is 0.473. The highest BCUT2D eigenvalue weighted by atomic mass is 16.5. The Bertz CT molecular complexity index is 852. The van der Waals surface area contributed by atoms with Crippen molar-refractivity contribution in [3.8, 4) is 0 Å². The molecule has 7 heteroatoms. The van der Waals surface area contributed by atoms with Gasteiger partial charge < -0.3 is 20.7 Å². The van der Waals surface area contributed by atoms with E-state index >= 15 is 0 Å². The molecule has 29 heavy (non-hydrogen) atoms. The Labute approximate surface area is 170 Å². The van der Waals surface area contributed by atoms with Gasteiger partial charge in [-0.2, -0.15) is 0 Å². The lowest BCUT2D eigenvalue weighted by Gasteiger charge is -2.26. The fourth-order valence-electron chi connectivity index (χ4n) is 2.67. The van der Waals surface area contributed by atoms with Gasteiger partial charge in [0.25, 0.3) is 0 Å². The number of esters is 1. The molecule has 0 spiro atoms. The number of benzene rings is 2. The van der Waals surface area contributed by atoms with Gasteiger partial charge in [-0.15, -0.1) is 0 Å². The number of ketones is 1. The third kappa shape index (κ3) is 7.29. The summed E-state index contributed by atoms with van der Waals surface area (Å²) in [5.74, 6) is -0.765. The third-order valence-electron chi connectivity index (χ3n) is 4.24. The molecular weight excluding hydrogens is 370 g/mol. The first-order valence-corrected chi connectivity index (χ1v) is 9.52. The predicted octanol–water partition coefficient (Wildman–Crippen LogP) is 3.15. The van der Waals surface area contributed by atoms with E-state index < -0.39 is 5.97 Å². The molecule has 1 amide bonds. The zero-order chi connectivity index (χ0) is 21.2. The summed E-state index contributed by atoms with van der Waals surface area (Å²) in [5.41, 5.74) is 8.88. The lowest BCUT2D eigenvalue weighted by atomic mass is 10.1. The number of ether oxygens (including phenoxy) is 1. The number of rotatable bonds is 10. The molecule has 2 rings (SSSR count). The molecule has 0 aliphatic rings. The van der Waals surface area contributed by atoms with Gasteiger partial charge in [-0.3, -0.25) is 14.4 Å². The average molecular weight is 397 g/mol. The Hall–Kier alpha value is -3.35. The molecule has 0 bridgehead atoms. The normalized spacial score (nSPS) is 10.3. The van der Waals surface area contributed by atoms with Crippen LogP contribution in [-0.2, 0) is 25.7 Å². The summed E-state index contributed by atoms with van der Waals surface area (Å²) in [5, 5.41) is 2.80. The molecule has 154 valence electrons. The maximum atomic E-state index is 12.0. The molecule has 7 nitrogen and oxygen atoms in total. The van der Waals surface area contributed by atoms with Gasteiger partial charge in [-0.1, -0.05) is 37.3 Å². The van der Waals surface area contributed by atoms with Gasteiger partial charge in [0.15, 0.2) is 5.78 Å². The van der Waals surface area contributed by atoms with Crippen LogP contribution in [0.25, 0.3) is 0 Å². The third-order valence-corrected chi connectivity index (χ3v) is 4.24. The monoisotopic (exact) mass is 397 g/mol. The summed E-state index contributed by atoms with van der Waals surface area (Å²) in [4.78, 5) is 36.7. The number of amides is 1. The van der Waals surface area contributed by atoms with E-state index in [1.54, 1.807) is 19.1 Å². The van der Waals surface area contributed by atoms with Crippen LogP contribution in [-0.4, -0.2) is 30.8 Å². The molecule has 0 aliphatic carbocycles. The number of nitrogens with two attached hydrogens (primary N) is 1. The SMILES string of the molecule is CCC(=O)Nc1cc(N(CCC(=O)OCC(C)=O)Cc2ccccc2)ccc1N. The molecule has 0 saturated heterocycles. The van der Waals surface area contributed by atoms with Crippen LogP contribution in [0.3, 0.4) is 0 Å². The fraction of sp³-hybridized carbons (Fsp3) is 0.318. The van der Waals surface area contributed by atoms with Crippen molar-refractivity contribution < 1.29 is 19.1 Å². The van der Waals surface area contributed by atoms with Crippen molar-refractivity contribution in [2.75, 3.05) is 29.1 Å². The van der Waals surface area contributed by atoms with Crippen LogP contribution in [0.4, 0.5) is 17.1 Å². The first-order valence-electron chi connectivity index (χ1n) is 9.52. The number of hydrogen-bond acceptors (Lipinski definition) is 6. The number of nitrogens with one attached hydrogen (secondary N) is 1. The van der Waals surface area contributed by atoms with Gasteiger partial charge in [-0.25, -0.2) is 0 Å². The zero-order valence-electron chi connectivity index (χ0n) is 16.8. The van der Waals surface area contributed by atoms with E-state index in [2.05, 4.69) is 5.32 Å². The number of nitrogen functional groups attached to an aromatic ring is 1. The number of anilines is 3. The maximum absolute atomic E-state index is 12.0. The molecule has 0 fully saturated rings. The molecule has 2 aromatic rings. The topological polar surface area (TPSA) is 102 Å². The van der Waals surface area contributed by atoms with Gasteiger partial charge in [0, 0.05) is 25.2 Å². The molecule has 0 aliphatic heterocycles. The van der Waals surface area contributed by atoms with Crippen molar-refractivity contribution in [2.24, 2.45) is 0 Å². The molecule has 0 unspecified atom stereocenters. The molecule has 0 saturated carbocycles. The van der Waals surface area contributed by atoms with Crippen molar-refractivity contribution in [2.45, 2.75) is 33.2 Å². The largest absolute Gasteiger partial charge is 0.458 e. The number of hydrogen-bond donors (Lipinski definition) is 2. The molecular formula is C22H27N3O4. The van der Waals surface area contributed by atoms with Crippen LogP contribution in [0.2, 0.25) is 0 Å². The van der Waals surface area contributed by atoms with Gasteiger partial charge in [0.05, 0.1) is 17.8 Å². The first-order chi connectivity index (χ1) is 13.9. The van der Waals surface area contributed by atoms with Gasteiger partial charge >= 0.3 is 5.97 Å². The molecule has 0 atom stereocenters. The van der Waals surface area contributed by atoms with Gasteiger partial charge in [0.2, 0.25) is 5.91 Å². The van der Waals surface area contributed by atoms with E-state index in [1.807, 2.05) is 41.3 Å². The minimum atomic E-state index is -0.437. The molecule has 0 aromatic heterocycles. The highest BCUT2D eigenvalue weighted by Crippen LogP contribution is 2.27. The van der Waals surface area contributed by atoms with Crippen molar-refractivity contribution in [3.63, 3.8) is 0 Å². The summed E-state index contributed by atoms with van der Waals surface area (Å²) in [6, 6.07) is 15.2. The minimum Gasteiger partial charge on any atom is -0.458 e. The number of Topliss-reactive ketones (excluding diaryl/α,β-unsaturated/α-hetero) is 1. The van der Waals surface area contributed by atoms with Gasteiger partial charge in [-0.05, 0) is 30.7 Å². The van der Waals surface area contributed by atoms with E-state index in [1.165, 1.54) is 6.92 Å². The number of carbonyl (C=O) groups is 3. The lowest BCUT2D eigenvalue weighted by molar-refractivity contribution is -0.147. The molecule has 3 N–H and O–H groups in total. The maximum Gasteiger partial charge on any atom is 0.308 e. The van der Waals surface area contributed by atoms with E-state index in [0.29, 0.717) is 30.9 Å². The molecule has 0 heterocycles. The summed E-state index contributed by atoms with van der Waals surface area (Å²) in [7, 11) is 0. The van der Waals surface area contributed by atoms with Crippen molar-refractivity contribution in [1.82, 2.24) is 0 Å². The van der Waals surface area contributed by atoms with E-state index in [0.717, 1.165) is 11.3 Å². The summed E-state index contributed by atoms with van der Waals surface area (Å²) < 4.78 is 4.96. The van der Waals surface area contributed by atoms with Crippen LogP contribution in [0.1, 0.15) is 32.3 Å². The quantitative estimate of drug-likeness (QED) is 0.472. The van der Waals surface area contributed by atoms with Crippen molar-refractivity contribution >= 4 is 34.7 Å².